The summed E-state index contributed by atoms with van der Waals surface area (Å²) in [5.74, 6) is -3.37. The summed E-state index contributed by atoms with van der Waals surface area (Å²) in [6.07, 6.45) is -0.0599. The largest absolute Gasteiger partial charge is 0.518 e. The molecule has 42 heavy (non-hydrogen) atoms. The first-order valence-electron chi connectivity index (χ1n) is 14.2. The Labute approximate surface area is 247 Å². The first-order chi connectivity index (χ1) is 19.9. The van der Waals surface area contributed by atoms with Gasteiger partial charge in [0.15, 0.2) is 0 Å². The fourth-order valence-corrected chi connectivity index (χ4v) is 4.99. The number of aliphatic hydroxyl groups excluding tert-OH is 1. The fraction of sp³-hybridized carbons (Fsp3) is 0.500. The van der Waals surface area contributed by atoms with Gasteiger partial charge in [-0.05, 0) is 51.3 Å². The van der Waals surface area contributed by atoms with Crippen LogP contribution in [0.2, 0.25) is 0 Å². The van der Waals surface area contributed by atoms with E-state index in [0.717, 1.165) is 5.56 Å². The molecule has 226 valence electrons. The summed E-state index contributed by atoms with van der Waals surface area (Å²) in [7, 11) is 1.95. The molecular formula is C30H41BN4O7. The van der Waals surface area contributed by atoms with Gasteiger partial charge in [-0.1, -0.05) is 57.2 Å². The first-order valence-corrected chi connectivity index (χ1v) is 14.2. The molecule has 1 aliphatic heterocycles. The molecule has 12 heteroatoms. The second-order valence-corrected chi connectivity index (χ2v) is 11.2. The van der Waals surface area contributed by atoms with E-state index >= 15 is 0 Å². The van der Waals surface area contributed by atoms with Crippen LogP contribution < -0.4 is 10.6 Å². The van der Waals surface area contributed by atoms with Crippen LogP contribution in [-0.2, 0) is 23.8 Å². The molecule has 1 aromatic carbocycles. The monoisotopic (exact) mass is 580 g/mol. The van der Waals surface area contributed by atoms with Crippen LogP contribution in [0.25, 0.3) is 11.3 Å². The van der Waals surface area contributed by atoms with E-state index in [4.69, 9.17) is 9.39 Å². The molecule has 1 fully saturated rings. The molecule has 5 atom stereocenters. The number of methoxy groups -OCH3 is 1. The maximum absolute atomic E-state index is 13.6. The van der Waals surface area contributed by atoms with Gasteiger partial charge < -0.3 is 25.1 Å². The van der Waals surface area contributed by atoms with Crippen LogP contribution >= 0.6 is 0 Å². The number of nitrogens with one attached hydrogen (secondary N) is 2. The van der Waals surface area contributed by atoms with E-state index in [1.807, 2.05) is 44.2 Å². The van der Waals surface area contributed by atoms with Gasteiger partial charge in [0, 0.05) is 5.56 Å². The van der Waals surface area contributed by atoms with Crippen molar-refractivity contribution >= 4 is 30.8 Å². The van der Waals surface area contributed by atoms with Crippen LogP contribution in [0.1, 0.15) is 57.4 Å². The quantitative estimate of drug-likeness (QED) is 0.284. The van der Waals surface area contributed by atoms with Crippen LogP contribution in [0.15, 0.2) is 48.5 Å². The molecule has 0 radical (unpaired) electrons. The zero-order chi connectivity index (χ0) is 31.0. The predicted octanol–water partition coefficient (Wildman–Crippen LogP) is 2.23. The number of ether oxygens (including phenoxy) is 1. The number of carbonyl (C=O) groups excluding carboxylic acids is 4. The molecule has 2 aromatic rings. The summed E-state index contributed by atoms with van der Waals surface area (Å²) >= 11 is 0. The standard InChI is InChI=1S/C30H41BN4O7/c1-18(2)17-25(31-35(5)24(30(40)41-6)16-15-19(3)29(39)42-31)33-28(38)26(20(4)36)34-27(37)23-14-10-13-22(32-23)21-11-8-7-9-12-21/h7-14,18-20,24-26,36H,15-17H2,1-6H3,(H,33,38)(H,34,37)/t19-,20-,24-,25+,26+/m1/s1. The van der Waals surface area contributed by atoms with Crippen molar-refractivity contribution < 1.29 is 33.7 Å². The number of aliphatic hydroxyl groups is 1. The molecule has 0 spiro atoms. The van der Waals surface area contributed by atoms with Gasteiger partial charge in [0.05, 0.1) is 30.8 Å². The van der Waals surface area contributed by atoms with Crippen LogP contribution in [0.4, 0.5) is 0 Å². The topological polar surface area (TPSA) is 147 Å². The lowest BCUT2D eigenvalue weighted by atomic mass is 9.65. The normalized spacial score (nSPS) is 20.0. The molecule has 2 heterocycles. The van der Waals surface area contributed by atoms with Crippen molar-refractivity contribution in [2.75, 3.05) is 14.2 Å². The lowest BCUT2D eigenvalue weighted by Crippen LogP contribution is -2.64. The van der Waals surface area contributed by atoms with E-state index < -0.39 is 60.9 Å². The van der Waals surface area contributed by atoms with Gasteiger partial charge in [-0.15, -0.1) is 0 Å². The van der Waals surface area contributed by atoms with Crippen molar-refractivity contribution in [1.82, 2.24) is 20.4 Å². The molecule has 1 saturated heterocycles. The Morgan fingerprint density at radius 3 is 2.40 bits per heavy atom. The fourth-order valence-electron chi connectivity index (χ4n) is 4.99. The Hall–Kier alpha value is -3.77. The van der Waals surface area contributed by atoms with Gasteiger partial charge in [0.2, 0.25) is 5.91 Å². The molecule has 0 aliphatic carbocycles. The number of carbonyl (C=O) groups is 4. The molecule has 1 aliphatic rings. The third-order valence-corrected chi connectivity index (χ3v) is 7.38. The van der Waals surface area contributed by atoms with E-state index in [-0.39, 0.29) is 11.6 Å². The van der Waals surface area contributed by atoms with E-state index in [1.165, 1.54) is 20.1 Å². The van der Waals surface area contributed by atoms with Crippen LogP contribution in [-0.4, -0.2) is 84.0 Å². The summed E-state index contributed by atoms with van der Waals surface area (Å²) in [6, 6.07) is 12.3. The Balaban J connectivity index is 1.85. The van der Waals surface area contributed by atoms with Gasteiger partial charge in [-0.2, -0.15) is 0 Å². The second-order valence-electron chi connectivity index (χ2n) is 11.2. The third kappa shape index (κ3) is 8.39. The number of hydrogen-bond donors (Lipinski definition) is 3. The summed E-state index contributed by atoms with van der Waals surface area (Å²) in [4.78, 5) is 58.3. The highest BCUT2D eigenvalue weighted by Gasteiger charge is 2.45. The van der Waals surface area contributed by atoms with Crippen molar-refractivity contribution in [3.05, 3.63) is 54.2 Å². The molecule has 1 aromatic heterocycles. The smallest absolute Gasteiger partial charge is 0.475 e. The third-order valence-electron chi connectivity index (χ3n) is 7.38. The van der Waals surface area contributed by atoms with E-state index in [9.17, 15) is 24.3 Å². The van der Waals surface area contributed by atoms with Crippen molar-refractivity contribution in [3.63, 3.8) is 0 Å². The van der Waals surface area contributed by atoms with Crippen LogP contribution in [0.5, 0.6) is 0 Å². The van der Waals surface area contributed by atoms with Gasteiger partial charge >= 0.3 is 13.0 Å². The highest BCUT2D eigenvalue weighted by atomic mass is 16.5. The average molecular weight is 580 g/mol. The van der Waals surface area contributed by atoms with E-state index in [1.54, 1.807) is 30.9 Å². The Morgan fingerprint density at radius 1 is 1.10 bits per heavy atom. The Morgan fingerprint density at radius 2 is 1.79 bits per heavy atom. The molecule has 0 bridgehead atoms. The molecule has 3 N–H and O–H groups in total. The minimum atomic E-state index is -1.33. The van der Waals surface area contributed by atoms with Crippen LogP contribution in [0, 0.1) is 11.8 Å². The molecule has 0 unspecified atom stereocenters. The number of likely N-dealkylation sites (N-methyl/N-ethyl adjacent to an activating group) is 1. The summed E-state index contributed by atoms with van der Waals surface area (Å²) in [6.45, 7) is 7.02. The van der Waals surface area contributed by atoms with Crippen LogP contribution in [0.3, 0.4) is 0 Å². The number of esters is 1. The van der Waals surface area contributed by atoms with Gasteiger partial charge in [-0.25, -0.2) is 4.98 Å². The minimum absolute atomic E-state index is 0.0614. The minimum Gasteiger partial charge on any atom is -0.518 e. The maximum atomic E-state index is 13.6. The molecular weight excluding hydrogens is 539 g/mol. The first kappa shape index (κ1) is 32.7. The van der Waals surface area contributed by atoms with E-state index in [0.29, 0.717) is 25.0 Å². The number of rotatable bonds is 10. The zero-order valence-electron chi connectivity index (χ0n) is 25.1. The zero-order valence-corrected chi connectivity index (χ0v) is 25.1. The highest BCUT2D eigenvalue weighted by molar-refractivity contribution is 6.53. The highest BCUT2D eigenvalue weighted by Crippen LogP contribution is 2.23. The number of pyridine rings is 1. The van der Waals surface area contributed by atoms with Crippen molar-refractivity contribution in [1.29, 1.82) is 0 Å². The molecule has 2 amide bonds. The average Bonchev–Trinajstić information content (AvgIpc) is 2.97. The summed E-state index contributed by atoms with van der Waals surface area (Å²) < 4.78 is 10.9. The van der Waals surface area contributed by atoms with Crippen molar-refractivity contribution in [2.24, 2.45) is 11.8 Å². The Kier molecular flexibility index (Phi) is 11.6. The van der Waals surface area contributed by atoms with Crippen molar-refractivity contribution in [3.8, 4) is 11.3 Å². The summed E-state index contributed by atoms with van der Waals surface area (Å²) in [5, 5.41) is 16.0. The number of hydrogen-bond acceptors (Lipinski definition) is 9. The van der Waals surface area contributed by atoms with Gasteiger partial charge in [0.25, 0.3) is 11.9 Å². The summed E-state index contributed by atoms with van der Waals surface area (Å²) in [5.41, 5.74) is 1.49. The van der Waals surface area contributed by atoms with Gasteiger partial charge in [0.1, 0.15) is 17.8 Å². The van der Waals surface area contributed by atoms with Gasteiger partial charge in [-0.3, -0.25) is 24.0 Å². The lowest BCUT2D eigenvalue weighted by molar-refractivity contribution is -0.149. The Bertz CT molecular complexity index is 1240. The number of amides is 2. The SMILES string of the molecule is COC(=O)[C@H]1CC[C@@H](C)C(=O)OB([C@H](CC(C)C)NC(=O)[C@@H](NC(=O)c2cccc(-c3ccccc3)n2)[C@@H](C)O)N1C. The molecule has 11 nitrogen and oxygen atoms in total. The number of aromatic nitrogens is 1. The number of nitrogens with zero attached hydrogens (tertiary/aromatic N) is 2. The maximum Gasteiger partial charge on any atom is 0.475 e. The van der Waals surface area contributed by atoms with E-state index in [2.05, 4.69) is 15.6 Å². The molecule has 0 saturated carbocycles. The lowest BCUT2D eigenvalue weighted by Gasteiger charge is -2.38. The molecule has 3 rings (SSSR count). The predicted molar refractivity (Wildman–Crippen MR) is 158 cm³/mol. The van der Waals surface area contributed by atoms with Crippen molar-refractivity contribution in [2.45, 2.75) is 71.1 Å². The second kappa shape index (κ2) is 14.9. The number of benzene rings is 1.